The van der Waals surface area contributed by atoms with E-state index in [0.29, 0.717) is 12.1 Å². The first kappa shape index (κ1) is 16.6. The summed E-state index contributed by atoms with van der Waals surface area (Å²) in [6.45, 7) is 0. The smallest absolute Gasteiger partial charge is 0.326 e. The van der Waals surface area contributed by atoms with Crippen molar-refractivity contribution in [1.82, 2.24) is 14.8 Å². The fraction of sp³-hybridized carbons (Fsp3) is 0.348. The maximum Gasteiger partial charge on any atom is 0.326 e. The molecule has 0 spiro atoms. The molecule has 1 unspecified atom stereocenters. The molecule has 2 fully saturated rings. The van der Waals surface area contributed by atoms with Gasteiger partial charge in [-0.15, -0.1) is 0 Å². The number of rotatable bonds is 2. The normalized spacial score (nSPS) is 25.0. The van der Waals surface area contributed by atoms with E-state index < -0.39 is 0 Å². The van der Waals surface area contributed by atoms with Crippen LogP contribution in [-0.2, 0) is 0 Å². The number of benzene rings is 2. The Hall–Kier alpha value is -2.59. The van der Waals surface area contributed by atoms with Crippen LogP contribution in [-0.4, -0.2) is 40.7 Å². The molecule has 2 aliphatic heterocycles. The van der Waals surface area contributed by atoms with Crippen LogP contribution in [0.5, 0.6) is 0 Å². The van der Waals surface area contributed by atoms with Gasteiger partial charge in [0.15, 0.2) is 0 Å². The van der Waals surface area contributed by atoms with Gasteiger partial charge in [0.25, 0.3) is 0 Å². The zero-order valence-electron chi connectivity index (χ0n) is 15.6. The minimum atomic E-state index is -0.0117. The van der Waals surface area contributed by atoms with Gasteiger partial charge in [0.2, 0.25) is 0 Å². The third-order valence-corrected chi connectivity index (χ3v) is 6.44. The highest BCUT2D eigenvalue weighted by Gasteiger charge is 2.39. The predicted octanol–water partition coefficient (Wildman–Crippen LogP) is 4.49. The van der Waals surface area contributed by atoms with Crippen LogP contribution in [0, 0.1) is 0 Å². The van der Waals surface area contributed by atoms with Gasteiger partial charge in [-0.1, -0.05) is 48.5 Å². The van der Waals surface area contributed by atoms with Crippen molar-refractivity contribution in [3.8, 4) is 11.1 Å². The quantitative estimate of drug-likeness (QED) is 0.732. The predicted molar refractivity (Wildman–Crippen MR) is 109 cm³/mol. The molecule has 1 N–H and O–H groups in total. The van der Waals surface area contributed by atoms with Crippen LogP contribution in [0.3, 0.4) is 0 Å². The molecule has 2 bridgehead atoms. The van der Waals surface area contributed by atoms with E-state index in [1.807, 2.05) is 42.6 Å². The van der Waals surface area contributed by atoms with E-state index in [-0.39, 0.29) is 12.1 Å². The molecule has 2 aliphatic rings. The van der Waals surface area contributed by atoms with Crippen molar-refractivity contribution in [2.45, 2.75) is 43.8 Å². The second-order valence-electron chi connectivity index (χ2n) is 7.96. The van der Waals surface area contributed by atoms with E-state index >= 15 is 0 Å². The summed E-state index contributed by atoms with van der Waals surface area (Å²) in [6, 6.07) is 19.9. The molecule has 2 saturated heterocycles. The monoisotopic (exact) mass is 359 g/mol. The first-order chi connectivity index (χ1) is 13.2. The number of piperidine rings is 1. The van der Waals surface area contributed by atoms with Crippen LogP contribution in [0.15, 0.2) is 60.8 Å². The summed E-state index contributed by atoms with van der Waals surface area (Å²) in [6.07, 6.45) is 6.63. The van der Waals surface area contributed by atoms with Crippen molar-refractivity contribution < 1.29 is 4.79 Å². The molecule has 27 heavy (non-hydrogen) atoms. The van der Waals surface area contributed by atoms with Gasteiger partial charge < -0.3 is 10.2 Å². The Morgan fingerprint density at radius 2 is 1.63 bits per heavy atom. The summed E-state index contributed by atoms with van der Waals surface area (Å²) in [5.41, 5.74) is 3.20. The fourth-order valence-electron chi connectivity index (χ4n) is 4.97. The summed E-state index contributed by atoms with van der Waals surface area (Å²) < 4.78 is 1.79. The van der Waals surface area contributed by atoms with E-state index in [2.05, 4.69) is 35.5 Å². The van der Waals surface area contributed by atoms with E-state index in [0.717, 1.165) is 34.9 Å². The highest BCUT2D eigenvalue weighted by molar-refractivity contribution is 6.01. The number of aromatic nitrogens is 1. The zero-order valence-corrected chi connectivity index (χ0v) is 15.6. The number of carbonyl (C=O) groups is 1. The van der Waals surface area contributed by atoms with Crippen LogP contribution < -0.4 is 5.32 Å². The summed E-state index contributed by atoms with van der Waals surface area (Å²) in [5, 5.41) is 4.42. The van der Waals surface area contributed by atoms with Gasteiger partial charge in [0.1, 0.15) is 0 Å². The lowest BCUT2D eigenvalue weighted by Gasteiger charge is -2.36. The van der Waals surface area contributed by atoms with Gasteiger partial charge in [-0.2, -0.15) is 0 Å². The van der Waals surface area contributed by atoms with E-state index in [1.165, 1.54) is 12.8 Å². The lowest BCUT2D eigenvalue weighted by atomic mass is 9.98. The Morgan fingerprint density at radius 1 is 0.963 bits per heavy atom. The number of hydrogen-bond donors (Lipinski definition) is 1. The SMILES string of the molecule is CN1[C@@H]2CC[C@H]1CC(NC(=O)n1cc(-c3ccccc3)c3ccccc31)C2. The highest BCUT2D eigenvalue weighted by atomic mass is 16.2. The lowest BCUT2D eigenvalue weighted by Crippen LogP contribution is -2.49. The average molecular weight is 359 g/mol. The van der Waals surface area contributed by atoms with Crippen molar-refractivity contribution in [3.63, 3.8) is 0 Å². The second-order valence-corrected chi connectivity index (χ2v) is 7.96. The number of fused-ring (bicyclic) bond motifs is 3. The number of para-hydroxylation sites is 1. The van der Waals surface area contributed by atoms with E-state index in [1.54, 1.807) is 4.57 Å². The van der Waals surface area contributed by atoms with Gasteiger partial charge in [-0.3, -0.25) is 4.57 Å². The highest BCUT2D eigenvalue weighted by Crippen LogP contribution is 2.35. The summed E-state index contributed by atoms with van der Waals surface area (Å²) in [4.78, 5) is 15.6. The number of hydrogen-bond acceptors (Lipinski definition) is 2. The van der Waals surface area contributed by atoms with Gasteiger partial charge in [-0.05, 0) is 44.4 Å². The summed E-state index contributed by atoms with van der Waals surface area (Å²) >= 11 is 0. The van der Waals surface area contributed by atoms with Gasteiger partial charge >= 0.3 is 6.03 Å². The molecule has 5 rings (SSSR count). The number of carbonyl (C=O) groups excluding carboxylic acids is 1. The third-order valence-electron chi connectivity index (χ3n) is 6.44. The van der Waals surface area contributed by atoms with Crippen LogP contribution in [0.2, 0.25) is 0 Å². The fourth-order valence-corrected chi connectivity index (χ4v) is 4.97. The van der Waals surface area contributed by atoms with Crippen molar-refractivity contribution in [2.24, 2.45) is 0 Å². The first-order valence-electron chi connectivity index (χ1n) is 9.89. The summed E-state index contributed by atoms with van der Waals surface area (Å²) in [7, 11) is 2.23. The topological polar surface area (TPSA) is 37.3 Å². The van der Waals surface area contributed by atoms with Crippen LogP contribution in [0.25, 0.3) is 22.0 Å². The van der Waals surface area contributed by atoms with Crippen molar-refractivity contribution in [2.75, 3.05) is 7.05 Å². The molecule has 1 amide bonds. The van der Waals surface area contributed by atoms with Crippen LogP contribution in [0.4, 0.5) is 4.79 Å². The molecule has 138 valence electrons. The molecular formula is C23H25N3O. The molecule has 2 aromatic carbocycles. The third kappa shape index (κ3) is 2.85. The van der Waals surface area contributed by atoms with Gasteiger partial charge in [0.05, 0.1) is 5.52 Å². The Labute approximate surface area is 159 Å². The molecule has 0 aliphatic carbocycles. The molecule has 4 nitrogen and oxygen atoms in total. The van der Waals surface area contributed by atoms with Crippen molar-refractivity contribution in [3.05, 3.63) is 60.8 Å². The largest absolute Gasteiger partial charge is 0.335 e. The second kappa shape index (κ2) is 6.54. The minimum absolute atomic E-state index is 0.0117. The minimum Gasteiger partial charge on any atom is -0.335 e. The molecule has 3 aromatic rings. The summed E-state index contributed by atoms with van der Waals surface area (Å²) in [5.74, 6) is 0. The molecule has 3 heterocycles. The molecule has 4 heteroatoms. The number of amides is 1. The van der Waals surface area contributed by atoms with Gasteiger partial charge in [0, 0.05) is 35.3 Å². The zero-order chi connectivity index (χ0) is 18.4. The average Bonchev–Trinajstić information content (AvgIpc) is 3.16. The van der Waals surface area contributed by atoms with Crippen molar-refractivity contribution >= 4 is 16.9 Å². The molecule has 0 saturated carbocycles. The Morgan fingerprint density at radius 3 is 2.37 bits per heavy atom. The first-order valence-corrected chi connectivity index (χ1v) is 9.89. The molecule has 1 aromatic heterocycles. The standard InChI is InChI=1S/C23H25N3O/c1-25-18-11-12-19(25)14-17(13-18)24-23(27)26-15-21(16-7-3-2-4-8-16)20-9-5-6-10-22(20)26/h2-10,15,17-19H,11-14H2,1H3,(H,24,27)/t17?,18-,19+. The Balaban J connectivity index is 1.46. The molecule has 3 atom stereocenters. The lowest BCUT2D eigenvalue weighted by molar-refractivity contribution is 0.150. The number of nitrogens with one attached hydrogen (secondary N) is 1. The maximum absolute atomic E-state index is 13.1. The Bertz CT molecular complexity index is 964. The van der Waals surface area contributed by atoms with E-state index in [9.17, 15) is 4.79 Å². The van der Waals surface area contributed by atoms with Crippen LogP contribution >= 0.6 is 0 Å². The van der Waals surface area contributed by atoms with Gasteiger partial charge in [-0.25, -0.2) is 4.79 Å². The number of nitrogens with zero attached hydrogens (tertiary/aromatic N) is 2. The van der Waals surface area contributed by atoms with Crippen molar-refractivity contribution in [1.29, 1.82) is 0 Å². The van der Waals surface area contributed by atoms with Crippen LogP contribution in [0.1, 0.15) is 25.7 Å². The van der Waals surface area contributed by atoms with E-state index in [4.69, 9.17) is 0 Å². The molecule has 0 radical (unpaired) electrons. The maximum atomic E-state index is 13.1. The Kier molecular flexibility index (Phi) is 4.01. The molecular weight excluding hydrogens is 334 g/mol.